The summed E-state index contributed by atoms with van der Waals surface area (Å²) in [5.41, 5.74) is -0.888. The fourth-order valence-electron chi connectivity index (χ4n) is 3.64. The Kier molecular flexibility index (Phi) is 22.5. The van der Waals surface area contributed by atoms with E-state index < -0.39 is 17.3 Å². The molecular weight excluding hydrogens is 670 g/mol. The Hall–Kier alpha value is -2.69. The van der Waals surface area contributed by atoms with E-state index in [2.05, 4.69) is 57.9 Å². The number of alkyl halides is 1. The fourth-order valence-corrected chi connectivity index (χ4v) is 3.86. The van der Waals surface area contributed by atoms with Crippen molar-refractivity contribution in [1.82, 2.24) is 25.8 Å². The summed E-state index contributed by atoms with van der Waals surface area (Å²) >= 11 is 2.90. The molecule has 0 bridgehead atoms. The number of amides is 2. The van der Waals surface area contributed by atoms with Gasteiger partial charge in [0.05, 0.1) is 46.5 Å². The minimum absolute atomic E-state index is 0. The number of likely N-dealkylation sites (tertiary alicyclic amines) is 2. The Balaban J connectivity index is 0. The van der Waals surface area contributed by atoms with Gasteiger partial charge in [-0.05, 0) is 47.5 Å². The number of halogens is 1. The molecule has 3 fully saturated rings. The van der Waals surface area contributed by atoms with Crippen LogP contribution in [0.4, 0.5) is 9.59 Å². The van der Waals surface area contributed by atoms with E-state index in [4.69, 9.17) is 9.47 Å². The number of methoxy groups -OCH3 is 3. The molecule has 3 aliphatic heterocycles. The van der Waals surface area contributed by atoms with Crippen LogP contribution < -0.4 is 16.0 Å². The molecule has 16 heteroatoms. The topological polar surface area (TPSA) is 174 Å². The van der Waals surface area contributed by atoms with Gasteiger partial charge in [0.2, 0.25) is 0 Å². The molecule has 270 valence electrons. The maximum Gasteiger partial charge on any atom is 0.407 e. The molecule has 3 aliphatic rings. The van der Waals surface area contributed by atoms with E-state index in [1.54, 1.807) is 0 Å². The number of carbonyl (C=O) groups is 5. The molecule has 0 radical (unpaired) electrons. The third-order valence-electron chi connectivity index (χ3n) is 5.82. The van der Waals surface area contributed by atoms with Crippen molar-refractivity contribution in [3.8, 4) is 0 Å². The van der Waals surface area contributed by atoms with Crippen LogP contribution in [0.1, 0.15) is 55.9 Å². The Morgan fingerprint density at radius 2 is 1.07 bits per heavy atom. The standard InChI is InChI=1S/C11H20N2O4.C8H16N2O2.C7H13NO2.C3H5BrO2.CH4/c1-11(2,3)17-10(15)12-8-5-13(6-8)7-9(14)16-4;1-8(2,3)12-7(11)10-6-4-9-5-6;1-6-3-8(4-6)5-7(9)10-2;1-6-3(5)2-4;/h8H,5-7H2,1-4H3,(H,12,15);6,9H,4-5H2,1-3H3,(H,10,11);6H,3-5H2,1-2H3;2H2,1H3;1H4. The number of alkyl carbamates (subject to hydrolysis) is 2. The number of nitrogens with one attached hydrogen (secondary N) is 3. The second-order valence-electron chi connectivity index (χ2n) is 12.7. The molecule has 3 N–H and O–H groups in total. The molecule has 2 amide bonds. The second-order valence-corrected chi connectivity index (χ2v) is 13.3. The first-order valence-corrected chi connectivity index (χ1v) is 15.8. The summed E-state index contributed by atoms with van der Waals surface area (Å²) in [7, 11) is 4.13. The highest BCUT2D eigenvalue weighted by atomic mass is 79.9. The molecule has 3 rings (SSSR count). The van der Waals surface area contributed by atoms with Crippen LogP contribution in [0.15, 0.2) is 0 Å². The van der Waals surface area contributed by atoms with Gasteiger partial charge in [-0.25, -0.2) is 9.59 Å². The SMILES string of the molecule is C.CC(C)(C)OC(=O)NC1CNC1.COC(=O)CBr.COC(=O)CN1CC(C)C1.COC(=O)CN1CC(NC(=O)OC(C)(C)C)C1. The van der Waals surface area contributed by atoms with Crippen LogP contribution in [-0.2, 0) is 38.1 Å². The van der Waals surface area contributed by atoms with Gasteiger partial charge in [-0.15, -0.1) is 0 Å². The molecule has 3 saturated heterocycles. The van der Waals surface area contributed by atoms with Gasteiger partial charge in [0.1, 0.15) is 16.5 Å². The first-order valence-electron chi connectivity index (χ1n) is 14.7. The van der Waals surface area contributed by atoms with Crippen LogP contribution >= 0.6 is 15.9 Å². The summed E-state index contributed by atoms with van der Waals surface area (Å²) in [5, 5.41) is 8.83. The smallest absolute Gasteiger partial charge is 0.407 e. The Morgan fingerprint density at radius 1 is 0.696 bits per heavy atom. The predicted octanol–water partition coefficient (Wildman–Crippen LogP) is 2.15. The zero-order chi connectivity index (χ0) is 34.8. The average Bonchev–Trinajstić information content (AvgIpc) is 2.87. The molecule has 0 atom stereocenters. The van der Waals surface area contributed by atoms with E-state index in [0.717, 1.165) is 32.1 Å². The molecule has 0 spiro atoms. The van der Waals surface area contributed by atoms with E-state index in [0.29, 0.717) is 19.6 Å². The zero-order valence-corrected chi connectivity index (χ0v) is 30.0. The lowest BCUT2D eigenvalue weighted by atomic mass is 10.0. The molecular formula is C30H58BrN5O10. The molecule has 15 nitrogen and oxygen atoms in total. The van der Waals surface area contributed by atoms with Crippen molar-refractivity contribution >= 4 is 46.0 Å². The summed E-state index contributed by atoms with van der Waals surface area (Å²) in [6, 6.07) is 0.300. The summed E-state index contributed by atoms with van der Waals surface area (Å²) in [6.45, 7) is 19.0. The molecule has 0 aliphatic carbocycles. The number of hydrogen-bond donors (Lipinski definition) is 3. The van der Waals surface area contributed by atoms with Crippen LogP contribution in [-0.4, -0.2) is 142 Å². The Labute approximate surface area is 283 Å². The van der Waals surface area contributed by atoms with Gasteiger partial charge in [0, 0.05) is 39.3 Å². The van der Waals surface area contributed by atoms with Gasteiger partial charge in [-0.2, -0.15) is 0 Å². The Bertz CT molecular complexity index is 920. The van der Waals surface area contributed by atoms with Crippen molar-refractivity contribution < 1.29 is 47.7 Å². The molecule has 0 aromatic rings. The van der Waals surface area contributed by atoms with Crippen molar-refractivity contribution in [2.24, 2.45) is 5.92 Å². The normalized spacial score (nSPS) is 16.5. The number of ether oxygens (including phenoxy) is 5. The summed E-state index contributed by atoms with van der Waals surface area (Å²) in [4.78, 5) is 58.0. The van der Waals surface area contributed by atoms with E-state index >= 15 is 0 Å². The number of rotatable bonds is 7. The predicted molar refractivity (Wildman–Crippen MR) is 178 cm³/mol. The highest BCUT2D eigenvalue weighted by molar-refractivity contribution is 9.09. The van der Waals surface area contributed by atoms with Crippen LogP contribution in [0, 0.1) is 5.92 Å². The Morgan fingerprint density at radius 3 is 1.33 bits per heavy atom. The van der Waals surface area contributed by atoms with Gasteiger partial charge < -0.3 is 39.6 Å². The lowest BCUT2D eigenvalue weighted by molar-refractivity contribution is -0.144. The van der Waals surface area contributed by atoms with Crippen LogP contribution in [0.25, 0.3) is 0 Å². The minimum atomic E-state index is -0.487. The molecule has 0 aromatic heterocycles. The summed E-state index contributed by atoms with van der Waals surface area (Å²) in [6.07, 6.45) is -0.741. The first-order chi connectivity index (χ1) is 20.8. The molecule has 46 heavy (non-hydrogen) atoms. The van der Waals surface area contributed by atoms with Gasteiger partial charge >= 0.3 is 30.1 Å². The van der Waals surface area contributed by atoms with Crippen molar-refractivity contribution in [2.45, 2.75) is 79.2 Å². The minimum Gasteiger partial charge on any atom is -0.468 e. The fraction of sp³-hybridized carbons (Fsp3) is 0.833. The second kappa shape index (κ2) is 22.8. The largest absolute Gasteiger partial charge is 0.468 e. The van der Waals surface area contributed by atoms with Crippen molar-refractivity contribution in [1.29, 1.82) is 0 Å². The summed E-state index contributed by atoms with van der Waals surface area (Å²) in [5.74, 6) is 0.118. The number of carbonyl (C=O) groups excluding carboxylic acids is 5. The average molecular weight is 729 g/mol. The van der Waals surface area contributed by atoms with Gasteiger partial charge in [-0.1, -0.05) is 30.3 Å². The zero-order valence-electron chi connectivity index (χ0n) is 28.5. The highest BCUT2D eigenvalue weighted by Gasteiger charge is 2.31. The number of esters is 3. The number of nitrogens with zero attached hydrogens (tertiary/aromatic N) is 2. The van der Waals surface area contributed by atoms with Gasteiger partial charge in [0.15, 0.2) is 0 Å². The van der Waals surface area contributed by atoms with E-state index in [9.17, 15) is 24.0 Å². The van der Waals surface area contributed by atoms with Crippen molar-refractivity contribution in [3.63, 3.8) is 0 Å². The molecule has 0 aromatic carbocycles. The van der Waals surface area contributed by atoms with Gasteiger partial charge in [-0.3, -0.25) is 24.2 Å². The number of hydrogen-bond acceptors (Lipinski definition) is 13. The third-order valence-corrected chi connectivity index (χ3v) is 6.28. The van der Waals surface area contributed by atoms with E-state index in [-0.39, 0.29) is 55.4 Å². The molecule has 3 heterocycles. The van der Waals surface area contributed by atoms with Crippen LogP contribution in [0.3, 0.4) is 0 Å². The van der Waals surface area contributed by atoms with Gasteiger partial charge in [0.25, 0.3) is 0 Å². The lowest BCUT2D eigenvalue weighted by Crippen LogP contribution is -2.60. The summed E-state index contributed by atoms with van der Waals surface area (Å²) < 4.78 is 23.5. The highest BCUT2D eigenvalue weighted by Crippen LogP contribution is 2.13. The molecule has 0 saturated carbocycles. The first kappa shape index (κ1) is 45.4. The van der Waals surface area contributed by atoms with Crippen LogP contribution in [0.2, 0.25) is 0 Å². The van der Waals surface area contributed by atoms with E-state index in [1.165, 1.54) is 21.3 Å². The maximum absolute atomic E-state index is 11.4. The quantitative estimate of drug-likeness (QED) is 0.198. The van der Waals surface area contributed by atoms with Crippen molar-refractivity contribution in [2.75, 3.05) is 79.0 Å². The maximum atomic E-state index is 11.4. The van der Waals surface area contributed by atoms with Crippen LogP contribution in [0.5, 0.6) is 0 Å². The van der Waals surface area contributed by atoms with Crippen molar-refractivity contribution in [3.05, 3.63) is 0 Å². The third kappa shape index (κ3) is 23.6. The monoisotopic (exact) mass is 727 g/mol. The lowest BCUT2D eigenvalue weighted by Gasteiger charge is -2.38. The molecule has 0 unspecified atom stereocenters. The van der Waals surface area contributed by atoms with E-state index in [1.807, 2.05) is 46.4 Å².